The van der Waals surface area contributed by atoms with Crippen molar-refractivity contribution in [3.63, 3.8) is 0 Å². The second-order valence-electron chi connectivity index (χ2n) is 4.65. The minimum atomic E-state index is -0.295. The second-order valence-corrected chi connectivity index (χ2v) is 5.03. The molecule has 0 radical (unpaired) electrons. The van der Waals surface area contributed by atoms with Crippen LogP contribution < -0.4 is 5.32 Å². The Hall–Kier alpha value is -1.88. The summed E-state index contributed by atoms with van der Waals surface area (Å²) in [4.78, 5) is 16.6. The zero-order valence-corrected chi connectivity index (χ0v) is 12.5. The van der Waals surface area contributed by atoms with E-state index in [9.17, 15) is 4.79 Å². The van der Waals surface area contributed by atoms with Crippen LogP contribution in [0.15, 0.2) is 18.3 Å². The summed E-state index contributed by atoms with van der Waals surface area (Å²) >= 11 is 6.04. The van der Waals surface area contributed by atoms with E-state index < -0.39 is 0 Å². The molecule has 0 aromatic carbocycles. The lowest BCUT2D eigenvalue weighted by Gasteiger charge is -2.17. The molecule has 0 fully saturated rings. The molecule has 1 amide bonds. The van der Waals surface area contributed by atoms with Crippen LogP contribution in [-0.2, 0) is 0 Å². The molecule has 2 N–H and O–H groups in total. The largest absolute Gasteiger partial charge is 0.342 e. The van der Waals surface area contributed by atoms with Crippen LogP contribution in [0.4, 0.5) is 0 Å². The molecule has 2 heterocycles. The molecule has 0 unspecified atom stereocenters. The Bertz CT molecular complexity index is 623. The Morgan fingerprint density at radius 2 is 2.25 bits per heavy atom. The fraction of sp³-hybridized carbons (Fsp3) is 0.357. The monoisotopic (exact) mass is 292 g/mol. The van der Waals surface area contributed by atoms with Gasteiger partial charge in [-0.2, -0.15) is 5.10 Å². The van der Waals surface area contributed by atoms with E-state index in [2.05, 4.69) is 20.5 Å². The number of hydrogen-bond acceptors (Lipinski definition) is 3. The Labute approximate surface area is 122 Å². The molecule has 6 heteroatoms. The number of nitrogens with one attached hydrogen (secondary N) is 2. The number of pyridine rings is 1. The molecule has 0 aliphatic heterocycles. The molecular formula is C14H17ClN4O. The maximum absolute atomic E-state index is 12.2. The van der Waals surface area contributed by atoms with Crippen LogP contribution in [0.3, 0.4) is 0 Å². The number of aromatic amines is 1. The molecular weight excluding hydrogens is 276 g/mol. The summed E-state index contributed by atoms with van der Waals surface area (Å²) in [6.45, 7) is 5.74. The van der Waals surface area contributed by atoms with Crippen molar-refractivity contribution in [2.24, 2.45) is 0 Å². The van der Waals surface area contributed by atoms with Crippen molar-refractivity contribution in [1.82, 2.24) is 20.5 Å². The normalized spacial score (nSPS) is 12.2. The molecule has 0 saturated heterocycles. The number of halogens is 1. The summed E-state index contributed by atoms with van der Waals surface area (Å²) in [7, 11) is 0. The van der Waals surface area contributed by atoms with E-state index in [1.54, 1.807) is 13.1 Å². The van der Waals surface area contributed by atoms with Crippen LogP contribution in [-0.4, -0.2) is 21.1 Å². The number of carbonyl (C=O) groups is 1. The van der Waals surface area contributed by atoms with Gasteiger partial charge in [0.05, 0.1) is 22.5 Å². The number of H-pyrrole nitrogens is 1. The smallest absolute Gasteiger partial charge is 0.273 e. The van der Waals surface area contributed by atoms with E-state index in [-0.39, 0.29) is 17.6 Å². The zero-order chi connectivity index (χ0) is 14.7. The zero-order valence-electron chi connectivity index (χ0n) is 11.7. The van der Waals surface area contributed by atoms with Crippen LogP contribution in [0, 0.1) is 13.8 Å². The molecule has 2 aromatic rings. The third kappa shape index (κ3) is 2.82. The lowest BCUT2D eigenvalue weighted by atomic mass is 10.1. The van der Waals surface area contributed by atoms with E-state index >= 15 is 0 Å². The Morgan fingerprint density at radius 1 is 1.50 bits per heavy atom. The van der Waals surface area contributed by atoms with Crippen molar-refractivity contribution in [1.29, 1.82) is 0 Å². The molecule has 1 atom stereocenters. The lowest BCUT2D eigenvalue weighted by Crippen LogP contribution is -2.29. The molecule has 0 bridgehead atoms. The highest BCUT2D eigenvalue weighted by molar-refractivity contribution is 6.34. The van der Waals surface area contributed by atoms with Gasteiger partial charge in [0.2, 0.25) is 0 Å². The SMILES string of the molecule is CC[C@@H](NC(=O)c1n[nH]c(C)c1Cl)c1ncccc1C. The van der Waals surface area contributed by atoms with Gasteiger partial charge in [0, 0.05) is 6.20 Å². The summed E-state index contributed by atoms with van der Waals surface area (Å²) in [5.41, 5.74) is 2.81. The minimum Gasteiger partial charge on any atom is -0.342 e. The highest BCUT2D eigenvalue weighted by Crippen LogP contribution is 2.21. The maximum atomic E-state index is 12.2. The van der Waals surface area contributed by atoms with Crippen molar-refractivity contribution < 1.29 is 4.79 Å². The van der Waals surface area contributed by atoms with Crippen molar-refractivity contribution in [2.45, 2.75) is 33.2 Å². The topological polar surface area (TPSA) is 70.7 Å². The highest BCUT2D eigenvalue weighted by atomic mass is 35.5. The Balaban J connectivity index is 2.21. The molecule has 106 valence electrons. The molecule has 20 heavy (non-hydrogen) atoms. The van der Waals surface area contributed by atoms with Crippen molar-refractivity contribution in [3.05, 3.63) is 46.0 Å². The maximum Gasteiger partial charge on any atom is 0.273 e. The first-order chi connectivity index (χ1) is 9.54. The number of aromatic nitrogens is 3. The summed E-state index contributed by atoms with van der Waals surface area (Å²) in [5.74, 6) is -0.295. The van der Waals surface area contributed by atoms with Crippen molar-refractivity contribution in [2.75, 3.05) is 0 Å². The summed E-state index contributed by atoms with van der Waals surface area (Å²) in [6.07, 6.45) is 2.47. The van der Waals surface area contributed by atoms with Crippen LogP contribution >= 0.6 is 11.6 Å². The first-order valence-electron chi connectivity index (χ1n) is 6.47. The molecule has 0 aliphatic carbocycles. The first kappa shape index (κ1) is 14.5. The van der Waals surface area contributed by atoms with Crippen LogP contribution in [0.1, 0.15) is 46.8 Å². The van der Waals surface area contributed by atoms with Gasteiger partial charge in [0.15, 0.2) is 5.69 Å². The highest BCUT2D eigenvalue weighted by Gasteiger charge is 2.21. The van der Waals surface area contributed by atoms with Gasteiger partial charge in [-0.1, -0.05) is 24.6 Å². The molecule has 0 saturated carbocycles. The molecule has 2 rings (SSSR count). The number of amides is 1. The number of nitrogens with zero attached hydrogens (tertiary/aromatic N) is 2. The third-order valence-electron chi connectivity index (χ3n) is 3.18. The standard InChI is InChI=1S/C14H17ClN4O/c1-4-10(12-8(2)6-5-7-16-12)17-14(20)13-11(15)9(3)18-19-13/h5-7,10H,4H2,1-3H3,(H,17,20)(H,18,19)/t10-/m1/s1. The summed E-state index contributed by atoms with van der Waals surface area (Å²) in [6, 6.07) is 3.70. The summed E-state index contributed by atoms with van der Waals surface area (Å²) < 4.78 is 0. The van der Waals surface area contributed by atoms with E-state index in [1.165, 1.54) is 0 Å². The summed E-state index contributed by atoms with van der Waals surface area (Å²) in [5, 5.41) is 9.91. The predicted octanol–water partition coefficient (Wildman–Crippen LogP) is 2.96. The van der Waals surface area contributed by atoms with E-state index in [0.29, 0.717) is 10.7 Å². The average molecular weight is 293 g/mol. The van der Waals surface area contributed by atoms with E-state index in [0.717, 1.165) is 17.7 Å². The van der Waals surface area contributed by atoms with Gasteiger partial charge in [-0.05, 0) is 31.9 Å². The third-order valence-corrected chi connectivity index (χ3v) is 3.64. The fourth-order valence-electron chi connectivity index (χ4n) is 2.02. The van der Waals surface area contributed by atoms with Crippen LogP contribution in [0.25, 0.3) is 0 Å². The van der Waals surface area contributed by atoms with Crippen molar-refractivity contribution >= 4 is 17.5 Å². The van der Waals surface area contributed by atoms with Gasteiger partial charge < -0.3 is 5.32 Å². The van der Waals surface area contributed by atoms with Crippen molar-refractivity contribution in [3.8, 4) is 0 Å². The predicted molar refractivity (Wildman–Crippen MR) is 77.8 cm³/mol. The number of carbonyl (C=O) groups excluding carboxylic acids is 1. The van der Waals surface area contributed by atoms with Crippen LogP contribution in [0.5, 0.6) is 0 Å². The number of hydrogen-bond donors (Lipinski definition) is 2. The first-order valence-corrected chi connectivity index (χ1v) is 6.85. The number of rotatable bonds is 4. The van der Waals surface area contributed by atoms with Crippen LogP contribution in [0.2, 0.25) is 5.02 Å². The Morgan fingerprint density at radius 3 is 2.80 bits per heavy atom. The minimum absolute atomic E-state index is 0.156. The van der Waals surface area contributed by atoms with Gasteiger partial charge in [-0.3, -0.25) is 14.9 Å². The fourth-order valence-corrected chi connectivity index (χ4v) is 2.19. The number of aryl methyl sites for hydroxylation is 2. The molecule has 0 aliphatic rings. The molecule has 0 spiro atoms. The van der Waals surface area contributed by atoms with E-state index in [1.807, 2.05) is 26.0 Å². The van der Waals surface area contributed by atoms with Gasteiger partial charge in [-0.25, -0.2) is 0 Å². The molecule has 2 aromatic heterocycles. The molecule has 5 nitrogen and oxygen atoms in total. The van der Waals surface area contributed by atoms with Gasteiger partial charge in [0.1, 0.15) is 0 Å². The van der Waals surface area contributed by atoms with Gasteiger partial charge >= 0.3 is 0 Å². The van der Waals surface area contributed by atoms with Gasteiger partial charge in [-0.15, -0.1) is 0 Å². The second kappa shape index (κ2) is 6.05. The quantitative estimate of drug-likeness (QED) is 0.910. The Kier molecular flexibility index (Phi) is 4.39. The van der Waals surface area contributed by atoms with E-state index in [4.69, 9.17) is 11.6 Å². The van der Waals surface area contributed by atoms with Gasteiger partial charge in [0.25, 0.3) is 5.91 Å². The lowest BCUT2D eigenvalue weighted by molar-refractivity contribution is 0.0929. The average Bonchev–Trinajstić information content (AvgIpc) is 2.77.